The van der Waals surface area contributed by atoms with Crippen molar-refractivity contribution in [1.29, 1.82) is 0 Å². The van der Waals surface area contributed by atoms with Crippen LogP contribution in [0.2, 0.25) is 0 Å². The lowest BCUT2D eigenvalue weighted by Gasteiger charge is -2.21. The normalized spacial score (nSPS) is 16.6. The molecule has 34 heavy (non-hydrogen) atoms. The summed E-state index contributed by atoms with van der Waals surface area (Å²) >= 11 is 0. The Hall–Kier alpha value is -3.26. The first-order valence-corrected chi connectivity index (χ1v) is 11.3. The van der Waals surface area contributed by atoms with Gasteiger partial charge in [-0.2, -0.15) is 0 Å². The van der Waals surface area contributed by atoms with E-state index in [1.54, 1.807) is 31.4 Å². The zero-order valence-electron chi connectivity index (χ0n) is 20.0. The van der Waals surface area contributed by atoms with Crippen LogP contribution in [0.3, 0.4) is 0 Å². The molecule has 2 aromatic carbocycles. The van der Waals surface area contributed by atoms with E-state index >= 15 is 0 Å². The second-order valence-corrected chi connectivity index (χ2v) is 9.85. The van der Waals surface area contributed by atoms with Crippen LogP contribution in [0.1, 0.15) is 49.9 Å². The van der Waals surface area contributed by atoms with Crippen molar-refractivity contribution in [2.45, 2.75) is 46.3 Å². The van der Waals surface area contributed by atoms with Gasteiger partial charge in [0.1, 0.15) is 11.9 Å². The zero-order chi connectivity index (χ0) is 24.9. The summed E-state index contributed by atoms with van der Waals surface area (Å²) in [6.07, 6.45) is 0.640. The first-order chi connectivity index (χ1) is 16.1. The Balaban J connectivity index is 1.80. The molecule has 1 aliphatic rings. The summed E-state index contributed by atoms with van der Waals surface area (Å²) in [5.74, 6) is -2.05. The molecule has 8 heteroatoms. The van der Waals surface area contributed by atoms with E-state index in [0.29, 0.717) is 29.8 Å². The van der Waals surface area contributed by atoms with Crippen LogP contribution in [0.4, 0.5) is 10.1 Å². The van der Waals surface area contributed by atoms with E-state index < -0.39 is 29.6 Å². The standard InChI is InChI=1S/C26H32FN3O4/c1-26(2,3)13-18-9-10-20(12-21(18)27)29-25(33)23(17-7-5-16(6-8-17)15-34-4)30-24(32)19-11-22(31)28-14-19/h5-10,12,19,23H,11,13-15H2,1-4H3,(H,28,31)(H,29,33)(H,30,32)/t19-,23+/m0/s1. The highest BCUT2D eigenvalue weighted by atomic mass is 19.1. The van der Waals surface area contributed by atoms with Gasteiger partial charge in [-0.25, -0.2) is 4.39 Å². The fourth-order valence-corrected chi connectivity index (χ4v) is 3.88. The highest BCUT2D eigenvalue weighted by Crippen LogP contribution is 2.25. The quantitative estimate of drug-likeness (QED) is 0.551. The maximum absolute atomic E-state index is 14.7. The van der Waals surface area contributed by atoms with Crippen molar-refractivity contribution in [2.75, 3.05) is 19.0 Å². The van der Waals surface area contributed by atoms with Gasteiger partial charge in [-0.15, -0.1) is 0 Å². The van der Waals surface area contributed by atoms with Gasteiger partial charge in [0.05, 0.1) is 12.5 Å². The molecular formula is C26H32FN3O4. The van der Waals surface area contributed by atoms with E-state index in [2.05, 4.69) is 16.0 Å². The van der Waals surface area contributed by atoms with Crippen LogP contribution in [-0.2, 0) is 32.1 Å². The van der Waals surface area contributed by atoms with Gasteiger partial charge in [-0.3, -0.25) is 14.4 Å². The zero-order valence-corrected chi connectivity index (χ0v) is 20.0. The lowest BCUT2D eigenvalue weighted by Crippen LogP contribution is -2.40. The number of anilines is 1. The molecule has 2 aromatic rings. The van der Waals surface area contributed by atoms with Gasteiger partial charge in [-0.1, -0.05) is 51.1 Å². The molecule has 1 aliphatic heterocycles. The van der Waals surface area contributed by atoms with Crippen molar-refractivity contribution in [3.63, 3.8) is 0 Å². The van der Waals surface area contributed by atoms with E-state index in [1.807, 2.05) is 32.9 Å². The fourth-order valence-electron chi connectivity index (χ4n) is 3.88. The van der Waals surface area contributed by atoms with Crippen LogP contribution in [-0.4, -0.2) is 31.4 Å². The van der Waals surface area contributed by atoms with Crippen LogP contribution in [0.25, 0.3) is 0 Å². The first kappa shape index (κ1) is 25.4. The molecule has 0 unspecified atom stereocenters. The number of ether oxygens (including phenoxy) is 1. The first-order valence-electron chi connectivity index (χ1n) is 11.3. The molecule has 7 nitrogen and oxygen atoms in total. The van der Waals surface area contributed by atoms with E-state index in [1.165, 1.54) is 6.07 Å². The maximum atomic E-state index is 14.7. The lowest BCUT2D eigenvalue weighted by atomic mass is 9.88. The maximum Gasteiger partial charge on any atom is 0.251 e. The van der Waals surface area contributed by atoms with Gasteiger partial charge >= 0.3 is 0 Å². The lowest BCUT2D eigenvalue weighted by molar-refractivity contribution is -0.129. The number of carbonyl (C=O) groups is 3. The van der Waals surface area contributed by atoms with Crippen molar-refractivity contribution in [3.05, 3.63) is 65.0 Å². The smallest absolute Gasteiger partial charge is 0.251 e. The third-order valence-electron chi connectivity index (χ3n) is 5.56. The molecule has 0 aromatic heterocycles. The number of amides is 3. The Kier molecular flexibility index (Phi) is 8.04. The minimum absolute atomic E-state index is 0.0768. The molecule has 1 heterocycles. The van der Waals surface area contributed by atoms with Crippen LogP contribution in [0.15, 0.2) is 42.5 Å². The third kappa shape index (κ3) is 6.87. The van der Waals surface area contributed by atoms with E-state index in [4.69, 9.17) is 4.74 Å². The predicted octanol–water partition coefficient (Wildman–Crippen LogP) is 3.49. The number of hydrogen-bond donors (Lipinski definition) is 3. The molecular weight excluding hydrogens is 437 g/mol. The largest absolute Gasteiger partial charge is 0.380 e. The highest BCUT2D eigenvalue weighted by Gasteiger charge is 2.31. The summed E-state index contributed by atoms with van der Waals surface area (Å²) < 4.78 is 19.8. The summed E-state index contributed by atoms with van der Waals surface area (Å²) in [4.78, 5) is 37.5. The SMILES string of the molecule is COCc1ccc([C@@H](NC(=O)[C@@H]2CNC(=O)C2)C(=O)Nc2ccc(CC(C)(C)C)c(F)c2)cc1. The van der Waals surface area contributed by atoms with Gasteiger partial charge in [0.25, 0.3) is 5.91 Å². The number of hydrogen-bond acceptors (Lipinski definition) is 4. The monoisotopic (exact) mass is 469 g/mol. The summed E-state index contributed by atoms with van der Waals surface area (Å²) in [7, 11) is 1.59. The van der Waals surface area contributed by atoms with Crippen molar-refractivity contribution >= 4 is 23.4 Å². The minimum atomic E-state index is -1.02. The molecule has 182 valence electrons. The third-order valence-corrected chi connectivity index (χ3v) is 5.56. The molecule has 0 bridgehead atoms. The number of nitrogens with one attached hydrogen (secondary N) is 3. The fraction of sp³-hybridized carbons (Fsp3) is 0.423. The molecule has 0 saturated carbocycles. The summed E-state index contributed by atoms with van der Waals surface area (Å²) in [6, 6.07) is 10.7. The Bertz CT molecular complexity index is 1050. The molecule has 1 fully saturated rings. The van der Waals surface area contributed by atoms with E-state index in [9.17, 15) is 18.8 Å². The van der Waals surface area contributed by atoms with Crippen LogP contribution >= 0.6 is 0 Å². The number of rotatable bonds is 8. The number of halogens is 1. The molecule has 0 spiro atoms. The molecule has 1 saturated heterocycles. The minimum Gasteiger partial charge on any atom is -0.380 e. The van der Waals surface area contributed by atoms with Gasteiger partial charge in [-0.05, 0) is 40.7 Å². The van der Waals surface area contributed by atoms with Crippen molar-refractivity contribution < 1.29 is 23.5 Å². The van der Waals surface area contributed by atoms with Crippen molar-refractivity contribution in [1.82, 2.24) is 10.6 Å². The second-order valence-electron chi connectivity index (χ2n) is 9.85. The number of methoxy groups -OCH3 is 1. The Labute approximate surface area is 199 Å². The van der Waals surface area contributed by atoms with Gasteiger partial charge in [0.15, 0.2) is 0 Å². The summed E-state index contributed by atoms with van der Waals surface area (Å²) in [5.41, 5.74) is 2.27. The highest BCUT2D eigenvalue weighted by molar-refractivity contribution is 5.99. The van der Waals surface area contributed by atoms with E-state index in [-0.39, 0.29) is 24.3 Å². The van der Waals surface area contributed by atoms with Crippen LogP contribution < -0.4 is 16.0 Å². The Morgan fingerprint density at radius 2 is 1.88 bits per heavy atom. The Morgan fingerprint density at radius 1 is 1.18 bits per heavy atom. The average molecular weight is 470 g/mol. The molecule has 3 N–H and O–H groups in total. The molecule has 2 atom stereocenters. The average Bonchev–Trinajstić information content (AvgIpc) is 3.20. The van der Waals surface area contributed by atoms with E-state index in [0.717, 1.165) is 5.56 Å². The van der Waals surface area contributed by atoms with Crippen LogP contribution in [0.5, 0.6) is 0 Å². The number of carbonyl (C=O) groups excluding carboxylic acids is 3. The molecule has 0 aliphatic carbocycles. The molecule has 3 rings (SSSR count). The van der Waals surface area contributed by atoms with Gasteiger partial charge < -0.3 is 20.7 Å². The summed E-state index contributed by atoms with van der Waals surface area (Å²) in [6.45, 7) is 6.73. The Morgan fingerprint density at radius 3 is 2.44 bits per heavy atom. The topological polar surface area (TPSA) is 96.5 Å². The molecule has 0 radical (unpaired) electrons. The predicted molar refractivity (Wildman–Crippen MR) is 127 cm³/mol. The van der Waals surface area contributed by atoms with Gasteiger partial charge in [0, 0.05) is 25.8 Å². The molecule has 3 amide bonds. The van der Waals surface area contributed by atoms with Crippen molar-refractivity contribution in [2.24, 2.45) is 11.3 Å². The number of benzene rings is 2. The summed E-state index contributed by atoms with van der Waals surface area (Å²) in [5, 5.41) is 8.10. The van der Waals surface area contributed by atoms with Crippen molar-refractivity contribution in [3.8, 4) is 0 Å². The second kappa shape index (κ2) is 10.8. The van der Waals surface area contributed by atoms with Gasteiger partial charge in [0.2, 0.25) is 11.8 Å². The van der Waals surface area contributed by atoms with Crippen LogP contribution in [0, 0.1) is 17.2 Å².